The van der Waals surface area contributed by atoms with E-state index in [0.29, 0.717) is 29.8 Å². The molecule has 0 saturated carbocycles. The Labute approximate surface area is 277 Å². The lowest BCUT2D eigenvalue weighted by Crippen LogP contribution is -2.11. The first kappa shape index (κ1) is 43.2. The number of methoxy groups -OCH3 is 1. The molecule has 1 amide bonds. The van der Waals surface area contributed by atoms with Crippen molar-refractivity contribution in [3.63, 3.8) is 0 Å². The summed E-state index contributed by atoms with van der Waals surface area (Å²) in [5.74, 6) is -1.50. The fourth-order valence-corrected chi connectivity index (χ4v) is 3.59. The summed E-state index contributed by atoms with van der Waals surface area (Å²) < 4.78 is 4.50. The summed E-state index contributed by atoms with van der Waals surface area (Å²) in [6, 6.07) is 12.9. The van der Waals surface area contributed by atoms with Crippen LogP contribution in [0.4, 0.5) is 11.4 Å². The van der Waals surface area contributed by atoms with E-state index in [1.54, 1.807) is 36.4 Å². The Morgan fingerprint density at radius 3 is 1.67 bits per heavy atom. The minimum Gasteiger partial charge on any atom is -0.478 e. The first-order chi connectivity index (χ1) is 21.4. The van der Waals surface area contributed by atoms with Crippen LogP contribution in [-0.2, 0) is 9.53 Å². The Kier molecular flexibility index (Phi) is 27.1. The number of nitrogens with one attached hydrogen (secondary N) is 1. The smallest absolute Gasteiger partial charge is 0.337 e. The molecular weight excluding hydrogens is 576 g/mol. The molecule has 46 heavy (non-hydrogen) atoms. The number of hydrogen-bond acceptors (Lipinski definition) is 5. The number of amides is 1. The van der Waals surface area contributed by atoms with E-state index in [-0.39, 0.29) is 32.3 Å². The molecule has 0 aliphatic rings. The van der Waals surface area contributed by atoms with Crippen LogP contribution in [0.3, 0.4) is 0 Å². The third-order valence-electron chi connectivity index (χ3n) is 5.84. The van der Waals surface area contributed by atoms with Gasteiger partial charge in [-0.3, -0.25) is 4.79 Å². The van der Waals surface area contributed by atoms with E-state index in [2.05, 4.69) is 77.7 Å². The number of carboxylic acid groups (broad SMARTS) is 1. The Balaban J connectivity index is 0. The lowest BCUT2D eigenvalue weighted by atomic mass is 10.2. The van der Waals surface area contributed by atoms with Crippen LogP contribution in [0.2, 0.25) is 0 Å². The van der Waals surface area contributed by atoms with Crippen molar-refractivity contribution in [3.8, 4) is 0 Å². The standard InChI is InChI=1S/C29H37NO3.C8H9NO2.2CH4/c1-2-3-4-5-6-7-8-9-10-11-12-13-14-15-16-17-18-19-20-24-28(31)30-27-23-21-22-26(25-27)29(32)33;1-11-8(10)6-3-2-4-7(9)5-6;;/h3-4,6-7,9-10,12-13,15-16,18-19,21-23,25H,2,5,8,11,14,17,20,24H2,1H3,(H,30,31)(H,32,33);2-5H,9H2,1H3;2*1H4/b4-3-,7-6-,10-9-,13-12-,16-15-,19-18-;;;. The zero-order valence-electron chi connectivity index (χ0n) is 25.9. The number of ether oxygens (including phenoxy) is 1. The van der Waals surface area contributed by atoms with Gasteiger partial charge in [-0.05, 0) is 81.3 Å². The number of carbonyl (C=O) groups excluding carboxylic acids is 2. The third-order valence-corrected chi connectivity index (χ3v) is 5.84. The van der Waals surface area contributed by atoms with Gasteiger partial charge < -0.3 is 20.9 Å². The maximum absolute atomic E-state index is 12.0. The predicted octanol–water partition coefficient (Wildman–Crippen LogP) is 10.1. The SMILES string of the molecule is C.C.CC/C=C\C/C=C\C/C=C\C/C=C\C/C=C\C/C=C\CCC(=O)Nc1cccc(C(=O)O)c1.COC(=O)c1cccc(N)c1. The van der Waals surface area contributed by atoms with Gasteiger partial charge in [-0.2, -0.15) is 0 Å². The highest BCUT2D eigenvalue weighted by molar-refractivity contribution is 5.94. The van der Waals surface area contributed by atoms with Gasteiger partial charge >= 0.3 is 11.9 Å². The molecule has 4 N–H and O–H groups in total. The molecule has 7 nitrogen and oxygen atoms in total. The second-order valence-electron chi connectivity index (χ2n) is 9.51. The van der Waals surface area contributed by atoms with Crippen LogP contribution in [-0.4, -0.2) is 30.1 Å². The van der Waals surface area contributed by atoms with Crippen LogP contribution in [0.25, 0.3) is 0 Å². The zero-order chi connectivity index (χ0) is 32.3. The van der Waals surface area contributed by atoms with Crippen LogP contribution in [0.5, 0.6) is 0 Å². The van der Waals surface area contributed by atoms with Crippen LogP contribution in [0.15, 0.2) is 121 Å². The van der Waals surface area contributed by atoms with E-state index in [1.165, 1.54) is 19.2 Å². The molecule has 0 fully saturated rings. The quantitative estimate of drug-likeness (QED) is 0.0909. The minimum atomic E-state index is -1.01. The molecule has 0 heterocycles. The number of anilines is 2. The molecule has 7 heteroatoms. The lowest BCUT2D eigenvalue weighted by Gasteiger charge is -2.04. The number of carboxylic acids is 1. The molecular formula is C39H54N2O5. The molecule has 0 unspecified atom stereocenters. The summed E-state index contributed by atoms with van der Waals surface area (Å²) in [6.07, 6.45) is 32.6. The van der Waals surface area contributed by atoms with Gasteiger partial charge in [-0.1, -0.05) is 107 Å². The first-order valence-electron chi connectivity index (χ1n) is 14.8. The average molecular weight is 631 g/mol. The van der Waals surface area contributed by atoms with Gasteiger partial charge in [0.2, 0.25) is 5.91 Å². The van der Waals surface area contributed by atoms with Crippen LogP contribution in [0.1, 0.15) is 93.9 Å². The summed E-state index contributed by atoms with van der Waals surface area (Å²) in [7, 11) is 1.34. The van der Waals surface area contributed by atoms with Crippen molar-refractivity contribution in [3.05, 3.63) is 133 Å². The van der Waals surface area contributed by atoms with Crippen molar-refractivity contribution in [1.82, 2.24) is 0 Å². The van der Waals surface area contributed by atoms with E-state index in [9.17, 15) is 14.4 Å². The molecule has 0 bridgehead atoms. The number of rotatable bonds is 17. The predicted molar refractivity (Wildman–Crippen MR) is 195 cm³/mol. The summed E-state index contributed by atoms with van der Waals surface area (Å²) in [4.78, 5) is 33.8. The van der Waals surface area contributed by atoms with Gasteiger partial charge in [0.15, 0.2) is 0 Å². The molecule has 0 aliphatic carbocycles. The van der Waals surface area contributed by atoms with Crippen LogP contribution in [0, 0.1) is 0 Å². The molecule has 0 aromatic heterocycles. The van der Waals surface area contributed by atoms with Gasteiger partial charge in [0.1, 0.15) is 0 Å². The molecule has 2 aromatic rings. The fraction of sp³-hybridized carbons (Fsp3) is 0.308. The zero-order valence-corrected chi connectivity index (χ0v) is 25.9. The van der Waals surface area contributed by atoms with Crippen molar-refractivity contribution in [2.45, 2.75) is 73.1 Å². The highest BCUT2D eigenvalue weighted by Gasteiger charge is 2.05. The van der Waals surface area contributed by atoms with Gasteiger partial charge in [0.05, 0.1) is 18.2 Å². The number of allylic oxidation sites excluding steroid dienone is 12. The Morgan fingerprint density at radius 2 is 1.20 bits per heavy atom. The molecule has 0 spiro atoms. The van der Waals surface area contributed by atoms with Gasteiger partial charge in [0.25, 0.3) is 0 Å². The molecule has 2 rings (SSSR count). The first-order valence-corrected chi connectivity index (χ1v) is 14.8. The average Bonchev–Trinajstić information content (AvgIpc) is 3.02. The largest absolute Gasteiger partial charge is 0.478 e. The molecule has 2 aromatic carbocycles. The monoisotopic (exact) mass is 630 g/mol. The van der Waals surface area contributed by atoms with Crippen molar-refractivity contribution >= 4 is 29.2 Å². The molecule has 0 radical (unpaired) electrons. The van der Waals surface area contributed by atoms with E-state index in [0.717, 1.165) is 38.5 Å². The number of nitrogen functional groups attached to an aromatic ring is 1. The van der Waals surface area contributed by atoms with E-state index in [1.807, 2.05) is 12.2 Å². The number of nitrogens with two attached hydrogens (primary N) is 1. The molecule has 0 saturated heterocycles. The summed E-state index contributed by atoms with van der Waals surface area (Å²) in [6.45, 7) is 2.14. The Hall–Kier alpha value is -4.91. The Bertz CT molecular complexity index is 1320. The molecule has 0 atom stereocenters. The maximum Gasteiger partial charge on any atom is 0.337 e. The maximum atomic E-state index is 12.0. The van der Waals surface area contributed by atoms with Crippen LogP contribution >= 0.6 is 0 Å². The third kappa shape index (κ3) is 22.6. The summed E-state index contributed by atoms with van der Waals surface area (Å²) in [5.41, 5.74) is 7.14. The Morgan fingerprint density at radius 1 is 0.717 bits per heavy atom. The van der Waals surface area contributed by atoms with Crippen molar-refractivity contribution < 1.29 is 24.2 Å². The normalized spacial score (nSPS) is 11.1. The van der Waals surface area contributed by atoms with Gasteiger partial charge in [-0.25, -0.2) is 9.59 Å². The van der Waals surface area contributed by atoms with Gasteiger partial charge in [0, 0.05) is 17.8 Å². The summed E-state index contributed by atoms with van der Waals surface area (Å²) >= 11 is 0. The van der Waals surface area contributed by atoms with Crippen LogP contribution < -0.4 is 11.1 Å². The molecule has 0 aliphatic heterocycles. The second kappa shape index (κ2) is 28.8. The fourth-order valence-electron chi connectivity index (χ4n) is 3.59. The second-order valence-corrected chi connectivity index (χ2v) is 9.51. The van der Waals surface area contributed by atoms with Gasteiger partial charge in [-0.15, -0.1) is 0 Å². The number of hydrogen-bond donors (Lipinski definition) is 3. The number of carbonyl (C=O) groups is 3. The number of benzene rings is 2. The van der Waals surface area contributed by atoms with Crippen molar-refractivity contribution in [2.24, 2.45) is 0 Å². The number of esters is 1. The van der Waals surface area contributed by atoms with E-state index < -0.39 is 5.97 Å². The van der Waals surface area contributed by atoms with E-state index >= 15 is 0 Å². The number of aromatic carboxylic acids is 1. The molecule has 250 valence electrons. The lowest BCUT2D eigenvalue weighted by molar-refractivity contribution is -0.116. The minimum absolute atomic E-state index is 0. The van der Waals surface area contributed by atoms with E-state index in [4.69, 9.17) is 10.8 Å². The highest BCUT2D eigenvalue weighted by atomic mass is 16.5. The highest BCUT2D eigenvalue weighted by Crippen LogP contribution is 2.11. The summed E-state index contributed by atoms with van der Waals surface area (Å²) in [5, 5.41) is 11.7. The topological polar surface area (TPSA) is 119 Å². The van der Waals surface area contributed by atoms with Crippen molar-refractivity contribution in [1.29, 1.82) is 0 Å². The van der Waals surface area contributed by atoms with Crippen molar-refractivity contribution in [2.75, 3.05) is 18.2 Å².